The Morgan fingerprint density at radius 1 is 1.29 bits per heavy atom. The number of ether oxygens (including phenoxy) is 1. The van der Waals surface area contributed by atoms with Gasteiger partial charge in [-0.1, -0.05) is 12.1 Å². The standard InChI is InChI=1S/C19H25N3O2/c1-13-4-5-15(11-18(13)24-3)12-19(23)22-8-6-16(7-9-22)17-10-14(2)20-21-17/h4-5,10-11,16H,6-9,12H2,1-3H3,(H,20,21). The average molecular weight is 327 g/mol. The van der Waals surface area contributed by atoms with Gasteiger partial charge in [-0.2, -0.15) is 5.10 Å². The molecule has 0 bridgehead atoms. The molecule has 128 valence electrons. The van der Waals surface area contributed by atoms with Crippen molar-refractivity contribution in [2.45, 2.75) is 39.0 Å². The van der Waals surface area contributed by atoms with Crippen LogP contribution in [0.1, 0.15) is 41.3 Å². The molecule has 1 aliphatic rings. The molecule has 0 radical (unpaired) electrons. The third-order valence-corrected chi connectivity index (χ3v) is 4.82. The number of rotatable bonds is 4. The summed E-state index contributed by atoms with van der Waals surface area (Å²) in [7, 11) is 1.66. The van der Waals surface area contributed by atoms with Gasteiger partial charge in [0.2, 0.25) is 5.91 Å². The summed E-state index contributed by atoms with van der Waals surface area (Å²) in [5.41, 5.74) is 4.32. The van der Waals surface area contributed by atoms with E-state index in [1.54, 1.807) is 7.11 Å². The lowest BCUT2D eigenvalue weighted by Gasteiger charge is -2.31. The highest BCUT2D eigenvalue weighted by Crippen LogP contribution is 2.27. The van der Waals surface area contributed by atoms with Crippen molar-refractivity contribution in [1.82, 2.24) is 15.1 Å². The van der Waals surface area contributed by atoms with E-state index in [0.717, 1.165) is 54.2 Å². The van der Waals surface area contributed by atoms with Gasteiger partial charge in [0.1, 0.15) is 5.75 Å². The topological polar surface area (TPSA) is 58.2 Å². The zero-order chi connectivity index (χ0) is 17.1. The molecule has 1 aromatic heterocycles. The van der Waals surface area contributed by atoms with Crippen molar-refractivity contribution < 1.29 is 9.53 Å². The van der Waals surface area contributed by atoms with E-state index in [9.17, 15) is 4.79 Å². The lowest BCUT2D eigenvalue weighted by molar-refractivity contribution is -0.131. The molecule has 1 saturated heterocycles. The van der Waals surface area contributed by atoms with Crippen molar-refractivity contribution in [3.63, 3.8) is 0 Å². The van der Waals surface area contributed by atoms with E-state index in [1.165, 1.54) is 0 Å². The first-order chi connectivity index (χ1) is 11.6. The molecule has 2 aromatic rings. The minimum atomic E-state index is 0.192. The number of aromatic amines is 1. The van der Waals surface area contributed by atoms with Crippen LogP contribution in [-0.2, 0) is 11.2 Å². The lowest BCUT2D eigenvalue weighted by Crippen LogP contribution is -2.38. The van der Waals surface area contributed by atoms with E-state index < -0.39 is 0 Å². The third kappa shape index (κ3) is 3.61. The number of methoxy groups -OCH3 is 1. The van der Waals surface area contributed by atoms with Crippen LogP contribution < -0.4 is 4.74 Å². The van der Waals surface area contributed by atoms with E-state index in [1.807, 2.05) is 36.9 Å². The number of amides is 1. The van der Waals surface area contributed by atoms with E-state index >= 15 is 0 Å². The Balaban J connectivity index is 1.57. The molecule has 3 rings (SSSR count). The quantitative estimate of drug-likeness (QED) is 0.939. The number of nitrogens with one attached hydrogen (secondary N) is 1. The molecule has 0 saturated carbocycles. The molecule has 1 fully saturated rings. The maximum absolute atomic E-state index is 12.6. The molecule has 24 heavy (non-hydrogen) atoms. The second-order valence-corrected chi connectivity index (χ2v) is 6.61. The van der Waals surface area contributed by atoms with Crippen molar-refractivity contribution in [3.8, 4) is 5.75 Å². The minimum Gasteiger partial charge on any atom is -0.496 e. The molecule has 1 amide bonds. The molecule has 1 aliphatic heterocycles. The molecule has 2 heterocycles. The van der Waals surface area contributed by atoms with E-state index in [4.69, 9.17) is 4.74 Å². The largest absolute Gasteiger partial charge is 0.496 e. The molecule has 5 nitrogen and oxygen atoms in total. The van der Waals surface area contributed by atoms with Gasteiger partial charge < -0.3 is 9.64 Å². The Morgan fingerprint density at radius 2 is 2.04 bits per heavy atom. The van der Waals surface area contributed by atoms with Gasteiger partial charge in [0.25, 0.3) is 0 Å². The number of piperidine rings is 1. The summed E-state index contributed by atoms with van der Waals surface area (Å²) in [6.45, 7) is 5.63. The van der Waals surface area contributed by atoms with Crippen molar-refractivity contribution in [2.75, 3.05) is 20.2 Å². The molecule has 0 unspecified atom stereocenters. The Morgan fingerprint density at radius 3 is 2.67 bits per heavy atom. The number of H-pyrrole nitrogens is 1. The summed E-state index contributed by atoms with van der Waals surface area (Å²) < 4.78 is 5.34. The third-order valence-electron chi connectivity index (χ3n) is 4.82. The molecule has 5 heteroatoms. The Kier molecular flexibility index (Phi) is 4.88. The van der Waals surface area contributed by atoms with Crippen LogP contribution in [-0.4, -0.2) is 41.2 Å². The molecular formula is C19H25N3O2. The molecule has 1 aromatic carbocycles. The maximum atomic E-state index is 12.6. The van der Waals surface area contributed by atoms with Crippen LogP contribution in [0.15, 0.2) is 24.3 Å². The second-order valence-electron chi connectivity index (χ2n) is 6.61. The van der Waals surface area contributed by atoms with Gasteiger partial charge in [0.15, 0.2) is 0 Å². The molecule has 0 spiro atoms. The van der Waals surface area contributed by atoms with E-state index in [-0.39, 0.29) is 5.91 Å². The second kappa shape index (κ2) is 7.07. The summed E-state index contributed by atoms with van der Waals surface area (Å²) >= 11 is 0. The molecule has 1 N–H and O–H groups in total. The van der Waals surface area contributed by atoms with E-state index in [2.05, 4.69) is 16.3 Å². The van der Waals surface area contributed by atoms with Crippen LogP contribution in [0.25, 0.3) is 0 Å². The fraction of sp³-hybridized carbons (Fsp3) is 0.474. The predicted molar refractivity (Wildman–Crippen MR) is 93.3 cm³/mol. The van der Waals surface area contributed by atoms with Crippen molar-refractivity contribution in [1.29, 1.82) is 0 Å². The number of likely N-dealkylation sites (tertiary alicyclic amines) is 1. The van der Waals surface area contributed by atoms with Crippen LogP contribution in [0.5, 0.6) is 5.75 Å². The van der Waals surface area contributed by atoms with Gasteiger partial charge in [0.05, 0.1) is 19.2 Å². The first-order valence-electron chi connectivity index (χ1n) is 8.50. The number of nitrogens with zero attached hydrogens (tertiary/aromatic N) is 2. The van der Waals surface area contributed by atoms with Crippen molar-refractivity contribution >= 4 is 5.91 Å². The van der Waals surface area contributed by atoms with Gasteiger partial charge >= 0.3 is 0 Å². The van der Waals surface area contributed by atoms with Crippen LogP contribution in [0.3, 0.4) is 0 Å². The van der Waals surface area contributed by atoms with Crippen LogP contribution >= 0.6 is 0 Å². The number of hydrogen-bond donors (Lipinski definition) is 1. The zero-order valence-electron chi connectivity index (χ0n) is 14.6. The highest BCUT2D eigenvalue weighted by atomic mass is 16.5. The van der Waals surface area contributed by atoms with Gasteiger partial charge in [-0.15, -0.1) is 0 Å². The molecule has 0 aliphatic carbocycles. The summed E-state index contributed by atoms with van der Waals surface area (Å²) in [5, 5.41) is 7.37. The van der Waals surface area contributed by atoms with Crippen molar-refractivity contribution in [2.24, 2.45) is 0 Å². The number of carbonyl (C=O) groups excluding carboxylic acids is 1. The zero-order valence-corrected chi connectivity index (χ0v) is 14.6. The van der Waals surface area contributed by atoms with E-state index in [0.29, 0.717) is 12.3 Å². The first kappa shape index (κ1) is 16.6. The van der Waals surface area contributed by atoms with Crippen LogP contribution in [0, 0.1) is 13.8 Å². The minimum absolute atomic E-state index is 0.192. The monoisotopic (exact) mass is 327 g/mol. The summed E-state index contributed by atoms with van der Waals surface area (Å²) in [5.74, 6) is 1.49. The average Bonchev–Trinajstić information content (AvgIpc) is 3.03. The van der Waals surface area contributed by atoms with Gasteiger partial charge in [-0.05, 0) is 49.9 Å². The number of carbonyl (C=O) groups is 1. The SMILES string of the molecule is COc1cc(CC(=O)N2CCC(c3cc(C)[nH]n3)CC2)ccc1C. The normalized spacial score (nSPS) is 15.5. The number of benzene rings is 1. The number of aromatic nitrogens is 2. The van der Waals surface area contributed by atoms with Crippen LogP contribution in [0.2, 0.25) is 0 Å². The Hall–Kier alpha value is -2.30. The predicted octanol–water partition coefficient (Wildman–Crippen LogP) is 2.98. The highest BCUT2D eigenvalue weighted by Gasteiger charge is 2.25. The lowest BCUT2D eigenvalue weighted by atomic mass is 9.93. The summed E-state index contributed by atoms with van der Waals surface area (Å²) in [4.78, 5) is 14.5. The molecule has 0 atom stereocenters. The van der Waals surface area contributed by atoms with Gasteiger partial charge in [-0.3, -0.25) is 9.89 Å². The fourth-order valence-corrected chi connectivity index (χ4v) is 3.33. The Bertz CT molecular complexity index is 715. The maximum Gasteiger partial charge on any atom is 0.226 e. The summed E-state index contributed by atoms with van der Waals surface area (Å²) in [6, 6.07) is 8.09. The van der Waals surface area contributed by atoms with Gasteiger partial charge in [0, 0.05) is 24.7 Å². The summed E-state index contributed by atoms with van der Waals surface area (Å²) in [6.07, 6.45) is 2.39. The first-order valence-corrected chi connectivity index (χ1v) is 8.50. The number of hydrogen-bond acceptors (Lipinski definition) is 3. The van der Waals surface area contributed by atoms with Crippen molar-refractivity contribution in [3.05, 3.63) is 46.8 Å². The van der Waals surface area contributed by atoms with Crippen LogP contribution in [0.4, 0.5) is 0 Å². The molecular weight excluding hydrogens is 302 g/mol. The number of aryl methyl sites for hydroxylation is 2. The Labute approximate surface area is 143 Å². The van der Waals surface area contributed by atoms with Gasteiger partial charge in [-0.25, -0.2) is 0 Å². The smallest absolute Gasteiger partial charge is 0.226 e. The fourth-order valence-electron chi connectivity index (χ4n) is 3.33. The highest BCUT2D eigenvalue weighted by molar-refractivity contribution is 5.79.